The third kappa shape index (κ3) is 3.91. The van der Waals surface area contributed by atoms with Crippen LogP contribution in [0, 0.1) is 17.1 Å². The Hall–Kier alpha value is -2.60. The molecule has 0 spiro atoms. The second-order valence-corrected chi connectivity index (χ2v) is 7.10. The SMILES string of the molecule is CC(Nc1ccc(F)cc1S(=O)(=O)C(F)(F)F)c1ccc(C#N)cc1. The Bertz CT molecular complexity index is 917. The van der Waals surface area contributed by atoms with Crippen LogP contribution < -0.4 is 5.32 Å². The van der Waals surface area contributed by atoms with Gasteiger partial charge in [-0.2, -0.15) is 18.4 Å². The van der Waals surface area contributed by atoms with Gasteiger partial charge in [-0.1, -0.05) is 12.1 Å². The molecular weight excluding hydrogens is 360 g/mol. The van der Waals surface area contributed by atoms with Gasteiger partial charge in [-0.15, -0.1) is 0 Å². The van der Waals surface area contributed by atoms with E-state index in [9.17, 15) is 26.0 Å². The van der Waals surface area contributed by atoms with Crippen molar-refractivity contribution in [3.63, 3.8) is 0 Å². The summed E-state index contributed by atoms with van der Waals surface area (Å²) in [5.74, 6) is -1.10. The molecular formula is C16H12F4N2O2S. The maximum atomic E-state index is 13.3. The molecule has 0 saturated carbocycles. The zero-order valence-electron chi connectivity index (χ0n) is 12.8. The number of nitrogens with one attached hydrogen (secondary N) is 1. The number of rotatable bonds is 4. The molecule has 25 heavy (non-hydrogen) atoms. The van der Waals surface area contributed by atoms with Crippen molar-refractivity contribution in [1.82, 2.24) is 0 Å². The largest absolute Gasteiger partial charge is 0.501 e. The molecule has 132 valence electrons. The van der Waals surface area contributed by atoms with Gasteiger partial charge in [-0.3, -0.25) is 0 Å². The fourth-order valence-corrected chi connectivity index (χ4v) is 3.06. The molecule has 0 aliphatic rings. The molecule has 2 rings (SSSR count). The summed E-state index contributed by atoms with van der Waals surface area (Å²) in [5, 5.41) is 11.4. The molecule has 9 heteroatoms. The van der Waals surface area contributed by atoms with E-state index in [1.54, 1.807) is 19.1 Å². The molecule has 4 nitrogen and oxygen atoms in total. The molecule has 2 aromatic rings. The molecule has 0 aromatic heterocycles. The number of sulfone groups is 1. The monoisotopic (exact) mass is 372 g/mol. The molecule has 0 heterocycles. The van der Waals surface area contributed by atoms with Crippen molar-refractivity contribution in [3.05, 3.63) is 59.4 Å². The Labute approximate surface area is 141 Å². The molecule has 0 bridgehead atoms. The Morgan fingerprint density at radius 1 is 1.12 bits per heavy atom. The lowest BCUT2D eigenvalue weighted by Crippen LogP contribution is -2.24. The summed E-state index contributed by atoms with van der Waals surface area (Å²) in [7, 11) is -5.71. The van der Waals surface area contributed by atoms with E-state index in [1.807, 2.05) is 6.07 Å². The third-order valence-corrected chi connectivity index (χ3v) is 4.98. The van der Waals surface area contributed by atoms with E-state index in [1.165, 1.54) is 12.1 Å². The van der Waals surface area contributed by atoms with E-state index in [2.05, 4.69) is 5.32 Å². The zero-order valence-corrected chi connectivity index (χ0v) is 13.6. The maximum Gasteiger partial charge on any atom is 0.501 e. The minimum Gasteiger partial charge on any atom is -0.377 e. The van der Waals surface area contributed by atoms with Gasteiger partial charge in [0.25, 0.3) is 9.84 Å². The van der Waals surface area contributed by atoms with Gasteiger partial charge in [0.2, 0.25) is 0 Å². The topological polar surface area (TPSA) is 70.0 Å². The van der Waals surface area contributed by atoms with E-state index in [-0.39, 0.29) is 5.69 Å². The Kier molecular flexibility index (Phi) is 5.04. The van der Waals surface area contributed by atoms with Crippen LogP contribution in [0.3, 0.4) is 0 Å². The normalized spacial score (nSPS) is 13.1. The summed E-state index contributed by atoms with van der Waals surface area (Å²) in [6.07, 6.45) is 0. The molecule has 1 unspecified atom stereocenters. The first kappa shape index (κ1) is 18.7. The molecule has 0 amide bonds. The van der Waals surface area contributed by atoms with Crippen LogP contribution in [0.4, 0.5) is 23.2 Å². The van der Waals surface area contributed by atoms with Gasteiger partial charge in [0.1, 0.15) is 10.7 Å². The van der Waals surface area contributed by atoms with Crippen LogP contribution in [0.25, 0.3) is 0 Å². The number of alkyl halides is 3. The number of anilines is 1. The van der Waals surface area contributed by atoms with E-state index in [0.29, 0.717) is 17.2 Å². The fourth-order valence-electron chi connectivity index (χ4n) is 2.13. The van der Waals surface area contributed by atoms with Gasteiger partial charge in [-0.05, 0) is 42.8 Å². The van der Waals surface area contributed by atoms with Crippen molar-refractivity contribution in [2.24, 2.45) is 0 Å². The molecule has 0 fully saturated rings. The lowest BCUT2D eigenvalue weighted by atomic mass is 10.1. The molecule has 1 atom stereocenters. The smallest absolute Gasteiger partial charge is 0.377 e. The predicted octanol–water partition coefficient (Wildman–Crippen LogP) is 4.16. The molecule has 0 saturated heterocycles. The predicted molar refractivity (Wildman–Crippen MR) is 82.8 cm³/mol. The van der Waals surface area contributed by atoms with Crippen molar-refractivity contribution >= 4 is 15.5 Å². The van der Waals surface area contributed by atoms with Gasteiger partial charge in [0.05, 0.1) is 17.3 Å². The van der Waals surface area contributed by atoms with Crippen molar-refractivity contribution in [2.75, 3.05) is 5.32 Å². The number of hydrogen-bond donors (Lipinski definition) is 1. The minimum atomic E-state index is -5.71. The highest BCUT2D eigenvalue weighted by Crippen LogP contribution is 2.36. The Morgan fingerprint density at radius 2 is 1.72 bits per heavy atom. The lowest BCUT2D eigenvalue weighted by molar-refractivity contribution is -0.0435. The second-order valence-electron chi connectivity index (χ2n) is 5.19. The van der Waals surface area contributed by atoms with E-state index in [4.69, 9.17) is 5.26 Å². The molecule has 2 aromatic carbocycles. The second kappa shape index (κ2) is 6.72. The van der Waals surface area contributed by atoms with Crippen molar-refractivity contribution in [2.45, 2.75) is 23.4 Å². The van der Waals surface area contributed by atoms with Gasteiger partial charge in [0.15, 0.2) is 0 Å². The number of nitriles is 1. The summed E-state index contributed by atoms with van der Waals surface area (Å²) in [6.45, 7) is 1.59. The van der Waals surface area contributed by atoms with Crippen LogP contribution in [-0.2, 0) is 9.84 Å². The van der Waals surface area contributed by atoms with Crippen molar-refractivity contribution in [3.8, 4) is 6.07 Å². The standard InChI is InChI=1S/C16H12F4N2O2S/c1-10(12-4-2-11(9-21)3-5-12)22-14-7-6-13(17)8-15(14)25(23,24)16(18,19)20/h2-8,10,22H,1H3. The summed E-state index contributed by atoms with van der Waals surface area (Å²) in [4.78, 5) is -1.18. The first-order valence-electron chi connectivity index (χ1n) is 6.94. The minimum absolute atomic E-state index is 0.330. The van der Waals surface area contributed by atoms with E-state index < -0.39 is 32.1 Å². The zero-order chi connectivity index (χ0) is 18.8. The Morgan fingerprint density at radius 3 is 2.24 bits per heavy atom. The van der Waals surface area contributed by atoms with Crippen LogP contribution in [0.15, 0.2) is 47.4 Å². The lowest BCUT2D eigenvalue weighted by Gasteiger charge is -2.19. The maximum absolute atomic E-state index is 13.3. The van der Waals surface area contributed by atoms with Crippen LogP contribution in [0.2, 0.25) is 0 Å². The van der Waals surface area contributed by atoms with Crippen LogP contribution in [0.5, 0.6) is 0 Å². The first-order chi connectivity index (χ1) is 11.6. The van der Waals surface area contributed by atoms with Gasteiger partial charge in [0, 0.05) is 6.04 Å². The van der Waals surface area contributed by atoms with Gasteiger partial charge in [-0.25, -0.2) is 12.8 Å². The highest BCUT2D eigenvalue weighted by Gasteiger charge is 2.48. The number of hydrogen-bond acceptors (Lipinski definition) is 4. The van der Waals surface area contributed by atoms with Gasteiger partial charge < -0.3 is 5.32 Å². The summed E-state index contributed by atoms with van der Waals surface area (Å²) in [5.41, 5.74) is -4.90. The van der Waals surface area contributed by atoms with Gasteiger partial charge >= 0.3 is 5.51 Å². The summed E-state index contributed by atoms with van der Waals surface area (Å²) in [6, 6.07) is 9.68. The summed E-state index contributed by atoms with van der Waals surface area (Å²) < 4.78 is 75.1. The van der Waals surface area contributed by atoms with Crippen LogP contribution in [-0.4, -0.2) is 13.9 Å². The molecule has 0 radical (unpaired) electrons. The van der Waals surface area contributed by atoms with Crippen molar-refractivity contribution < 1.29 is 26.0 Å². The number of halogens is 4. The third-order valence-electron chi connectivity index (χ3n) is 3.45. The average molecular weight is 372 g/mol. The van der Waals surface area contributed by atoms with E-state index in [0.717, 1.165) is 12.1 Å². The molecule has 1 N–H and O–H groups in total. The number of nitrogens with zero attached hydrogens (tertiary/aromatic N) is 1. The van der Waals surface area contributed by atoms with E-state index >= 15 is 0 Å². The first-order valence-corrected chi connectivity index (χ1v) is 8.42. The average Bonchev–Trinajstić information content (AvgIpc) is 2.55. The molecule has 0 aliphatic carbocycles. The number of benzene rings is 2. The molecule has 0 aliphatic heterocycles. The highest BCUT2D eigenvalue weighted by molar-refractivity contribution is 7.92. The van der Waals surface area contributed by atoms with Crippen LogP contribution in [0.1, 0.15) is 24.1 Å². The highest BCUT2D eigenvalue weighted by atomic mass is 32.2. The Balaban J connectivity index is 2.41. The fraction of sp³-hybridized carbons (Fsp3) is 0.188. The summed E-state index contributed by atoms with van der Waals surface area (Å²) >= 11 is 0. The van der Waals surface area contributed by atoms with Crippen LogP contribution >= 0.6 is 0 Å². The van der Waals surface area contributed by atoms with Crippen molar-refractivity contribution in [1.29, 1.82) is 5.26 Å². The quantitative estimate of drug-likeness (QED) is 0.818.